The third-order valence-corrected chi connectivity index (χ3v) is 5.29. The molecule has 0 unspecified atom stereocenters. The van der Waals surface area contributed by atoms with E-state index in [1.165, 1.54) is 10.4 Å². The second-order valence-corrected chi connectivity index (χ2v) is 7.11. The Morgan fingerprint density at radius 3 is 2.64 bits per heavy atom. The summed E-state index contributed by atoms with van der Waals surface area (Å²) in [6, 6.07) is 13.4. The lowest BCUT2D eigenvalue weighted by atomic mass is 10.1. The Bertz CT molecular complexity index is 776. The third kappa shape index (κ3) is 2.98. The fourth-order valence-corrected chi connectivity index (χ4v) is 3.81. The molecule has 22 heavy (non-hydrogen) atoms. The normalized spacial score (nSPS) is 17.4. The first-order valence-corrected chi connectivity index (χ1v) is 8.58. The highest BCUT2D eigenvalue weighted by atomic mass is 32.2. The molecule has 0 bridgehead atoms. The molecule has 116 valence electrons. The predicted octanol–water partition coefficient (Wildman–Crippen LogP) is 2.69. The van der Waals surface area contributed by atoms with E-state index in [1.807, 2.05) is 12.1 Å². The van der Waals surface area contributed by atoms with Gasteiger partial charge in [-0.05, 0) is 12.1 Å². The largest absolute Gasteiger partial charge is 0.376 e. The van der Waals surface area contributed by atoms with Gasteiger partial charge in [0.05, 0.1) is 31.2 Å². The van der Waals surface area contributed by atoms with E-state index >= 15 is 0 Å². The van der Waals surface area contributed by atoms with E-state index in [4.69, 9.17) is 4.74 Å². The Hall–Kier alpha value is -1.92. The molecule has 2 aromatic rings. The second-order valence-electron chi connectivity index (χ2n) is 5.10. The van der Waals surface area contributed by atoms with Crippen LogP contribution >= 0.6 is 0 Å². The van der Waals surface area contributed by atoms with Crippen LogP contribution in [0.4, 0.5) is 10.1 Å². The molecule has 3 rings (SSSR count). The average Bonchev–Trinajstić information content (AvgIpc) is 2.50. The summed E-state index contributed by atoms with van der Waals surface area (Å²) in [5.41, 5.74) is 1.68. The van der Waals surface area contributed by atoms with Gasteiger partial charge in [-0.2, -0.15) is 0 Å². The first-order valence-electron chi connectivity index (χ1n) is 6.97. The first kappa shape index (κ1) is 15.0. The van der Waals surface area contributed by atoms with Crippen molar-refractivity contribution in [1.29, 1.82) is 0 Å². The molecule has 1 aliphatic heterocycles. The van der Waals surface area contributed by atoms with E-state index in [2.05, 4.69) is 0 Å². The molecule has 0 radical (unpaired) electrons. The molecule has 0 spiro atoms. The SMILES string of the molecule is O=S1(=O)CCOCc2ccccc2N1Cc1ccccc1F. The molecule has 0 aromatic heterocycles. The lowest BCUT2D eigenvalue weighted by molar-refractivity contribution is 0.135. The highest BCUT2D eigenvalue weighted by molar-refractivity contribution is 7.92. The minimum Gasteiger partial charge on any atom is -0.376 e. The second kappa shape index (κ2) is 6.06. The fraction of sp³-hybridized carbons (Fsp3) is 0.250. The summed E-state index contributed by atoms with van der Waals surface area (Å²) in [6.45, 7) is 0.454. The van der Waals surface area contributed by atoms with E-state index < -0.39 is 15.8 Å². The molecular weight excluding hydrogens is 305 g/mol. The number of hydrogen-bond donors (Lipinski definition) is 0. The Kier molecular flexibility index (Phi) is 4.13. The van der Waals surface area contributed by atoms with Gasteiger partial charge in [-0.25, -0.2) is 12.8 Å². The molecule has 1 heterocycles. The lowest BCUT2D eigenvalue weighted by Gasteiger charge is -2.28. The van der Waals surface area contributed by atoms with Gasteiger partial charge in [-0.1, -0.05) is 36.4 Å². The molecule has 0 fully saturated rings. The molecule has 4 nitrogen and oxygen atoms in total. The molecule has 0 N–H and O–H groups in total. The maximum absolute atomic E-state index is 13.9. The molecule has 2 aromatic carbocycles. The summed E-state index contributed by atoms with van der Waals surface area (Å²) in [5, 5.41) is 0. The molecule has 0 saturated carbocycles. The highest BCUT2D eigenvalue weighted by Crippen LogP contribution is 2.28. The van der Waals surface area contributed by atoms with Crippen LogP contribution in [-0.4, -0.2) is 20.8 Å². The number of anilines is 1. The van der Waals surface area contributed by atoms with Crippen LogP contribution in [-0.2, 0) is 27.9 Å². The van der Waals surface area contributed by atoms with Gasteiger partial charge in [0.1, 0.15) is 5.82 Å². The summed E-state index contributed by atoms with van der Waals surface area (Å²) >= 11 is 0. The zero-order valence-corrected chi connectivity index (χ0v) is 12.7. The van der Waals surface area contributed by atoms with Crippen molar-refractivity contribution in [2.24, 2.45) is 0 Å². The Morgan fingerprint density at radius 1 is 1.09 bits per heavy atom. The number of rotatable bonds is 2. The van der Waals surface area contributed by atoms with Crippen LogP contribution in [0.25, 0.3) is 0 Å². The van der Waals surface area contributed by atoms with Gasteiger partial charge in [-0.3, -0.25) is 4.31 Å². The minimum atomic E-state index is -3.57. The van der Waals surface area contributed by atoms with Crippen molar-refractivity contribution in [1.82, 2.24) is 0 Å². The van der Waals surface area contributed by atoms with Crippen LogP contribution in [0.5, 0.6) is 0 Å². The average molecular weight is 321 g/mol. The first-order chi connectivity index (χ1) is 10.6. The molecule has 0 amide bonds. The fourth-order valence-electron chi connectivity index (χ4n) is 2.45. The number of ether oxygens (including phenoxy) is 1. The minimum absolute atomic E-state index is 0.0218. The summed E-state index contributed by atoms with van der Waals surface area (Å²) in [7, 11) is -3.57. The van der Waals surface area contributed by atoms with E-state index in [0.29, 0.717) is 17.9 Å². The number of fused-ring (bicyclic) bond motifs is 1. The molecule has 0 aliphatic carbocycles. The maximum atomic E-state index is 13.9. The number of benzene rings is 2. The zero-order valence-electron chi connectivity index (χ0n) is 11.9. The smallest absolute Gasteiger partial charge is 0.237 e. The summed E-state index contributed by atoms with van der Waals surface area (Å²) in [4.78, 5) is 0. The van der Waals surface area contributed by atoms with E-state index in [1.54, 1.807) is 30.3 Å². The molecule has 0 saturated heterocycles. The van der Waals surface area contributed by atoms with Crippen LogP contribution in [0.3, 0.4) is 0 Å². The molecular formula is C16H16FNO3S. The monoisotopic (exact) mass is 321 g/mol. The number of sulfonamides is 1. The van der Waals surface area contributed by atoms with E-state index in [9.17, 15) is 12.8 Å². The van der Waals surface area contributed by atoms with Crippen molar-refractivity contribution in [3.63, 3.8) is 0 Å². The predicted molar refractivity (Wildman–Crippen MR) is 82.5 cm³/mol. The summed E-state index contributed by atoms with van der Waals surface area (Å²) < 4.78 is 45.7. The van der Waals surface area contributed by atoms with Gasteiger partial charge in [0.15, 0.2) is 0 Å². The van der Waals surface area contributed by atoms with E-state index in [-0.39, 0.29) is 18.9 Å². The summed E-state index contributed by atoms with van der Waals surface area (Å²) in [6.07, 6.45) is 0. The van der Waals surface area contributed by atoms with E-state index in [0.717, 1.165) is 5.56 Å². The Morgan fingerprint density at radius 2 is 1.82 bits per heavy atom. The van der Waals surface area contributed by atoms with Crippen molar-refractivity contribution in [2.75, 3.05) is 16.7 Å². The third-order valence-electron chi connectivity index (χ3n) is 3.61. The van der Waals surface area contributed by atoms with Gasteiger partial charge in [-0.15, -0.1) is 0 Å². The van der Waals surface area contributed by atoms with Gasteiger partial charge in [0.25, 0.3) is 0 Å². The van der Waals surface area contributed by atoms with Crippen LogP contribution < -0.4 is 4.31 Å². The van der Waals surface area contributed by atoms with Gasteiger partial charge in [0, 0.05) is 11.1 Å². The topological polar surface area (TPSA) is 46.6 Å². The number of halogens is 1. The van der Waals surface area contributed by atoms with Crippen LogP contribution in [0.2, 0.25) is 0 Å². The maximum Gasteiger partial charge on any atom is 0.237 e. The van der Waals surface area contributed by atoms with Crippen LogP contribution in [0, 0.1) is 5.82 Å². The van der Waals surface area contributed by atoms with Crippen LogP contribution in [0.1, 0.15) is 11.1 Å². The Labute approximate surface area is 129 Å². The highest BCUT2D eigenvalue weighted by Gasteiger charge is 2.27. The zero-order chi connectivity index (χ0) is 15.6. The van der Waals surface area contributed by atoms with Crippen molar-refractivity contribution < 1.29 is 17.5 Å². The lowest BCUT2D eigenvalue weighted by Crippen LogP contribution is -2.36. The van der Waals surface area contributed by atoms with Crippen molar-refractivity contribution in [3.05, 3.63) is 65.5 Å². The molecule has 6 heteroatoms. The van der Waals surface area contributed by atoms with Gasteiger partial charge >= 0.3 is 0 Å². The van der Waals surface area contributed by atoms with Gasteiger partial charge < -0.3 is 4.74 Å². The van der Waals surface area contributed by atoms with Gasteiger partial charge in [0.2, 0.25) is 10.0 Å². The molecule has 0 atom stereocenters. The van der Waals surface area contributed by atoms with Crippen molar-refractivity contribution >= 4 is 15.7 Å². The summed E-state index contributed by atoms with van der Waals surface area (Å²) in [5.74, 6) is -0.524. The molecule has 1 aliphatic rings. The van der Waals surface area contributed by atoms with Crippen LogP contribution in [0.15, 0.2) is 48.5 Å². The van der Waals surface area contributed by atoms with Crippen molar-refractivity contribution in [3.8, 4) is 0 Å². The van der Waals surface area contributed by atoms with Crippen molar-refractivity contribution in [2.45, 2.75) is 13.2 Å². The number of nitrogens with zero attached hydrogens (tertiary/aromatic N) is 1. The Balaban J connectivity index is 2.07. The standard InChI is InChI=1S/C16H16FNO3S/c17-15-7-3-1-5-13(15)11-18-16-8-4-2-6-14(16)12-21-9-10-22(18,19)20/h1-8H,9-12H2. The number of hydrogen-bond acceptors (Lipinski definition) is 3. The number of para-hydroxylation sites is 1. The quantitative estimate of drug-likeness (QED) is 0.854.